The summed E-state index contributed by atoms with van der Waals surface area (Å²) in [6.07, 6.45) is 8.35. The lowest BCUT2D eigenvalue weighted by Gasteiger charge is -2.12. The molecule has 2 heteroatoms. The van der Waals surface area contributed by atoms with Crippen LogP contribution >= 0.6 is 0 Å². The van der Waals surface area contributed by atoms with Crippen LogP contribution in [0, 0.1) is 0 Å². The van der Waals surface area contributed by atoms with Gasteiger partial charge in [-0.05, 0) is 23.1 Å². The van der Waals surface area contributed by atoms with Gasteiger partial charge in [0.2, 0.25) is 0 Å². The molecule has 3 rings (SSSR count). The highest BCUT2D eigenvalue weighted by molar-refractivity contribution is 5.90. The predicted octanol–water partition coefficient (Wildman–Crippen LogP) is 2.61. The van der Waals surface area contributed by atoms with Crippen molar-refractivity contribution in [1.29, 1.82) is 0 Å². The Bertz CT molecular complexity index is 480. The van der Waals surface area contributed by atoms with E-state index in [1.807, 2.05) is 12.4 Å². The van der Waals surface area contributed by atoms with E-state index in [0.717, 1.165) is 6.54 Å². The van der Waals surface area contributed by atoms with Gasteiger partial charge in [0.15, 0.2) is 0 Å². The second-order valence-corrected chi connectivity index (χ2v) is 3.31. The first-order chi connectivity index (χ1) is 6.43. The molecule has 0 radical (unpaired) electrons. The number of rotatable bonds is 0. The van der Waals surface area contributed by atoms with Gasteiger partial charge < -0.3 is 10.3 Å². The van der Waals surface area contributed by atoms with Crippen molar-refractivity contribution < 1.29 is 0 Å². The van der Waals surface area contributed by atoms with Gasteiger partial charge in [-0.3, -0.25) is 0 Å². The highest BCUT2D eigenvalue weighted by Crippen LogP contribution is 2.26. The maximum atomic E-state index is 3.34. The molecule has 0 saturated heterocycles. The van der Waals surface area contributed by atoms with Crippen molar-refractivity contribution >= 4 is 22.5 Å². The Morgan fingerprint density at radius 3 is 2.85 bits per heavy atom. The van der Waals surface area contributed by atoms with Crippen molar-refractivity contribution in [3.05, 3.63) is 36.2 Å². The topological polar surface area (TPSA) is 27.8 Å². The Hall–Kier alpha value is -1.70. The molecule has 0 bridgehead atoms. The molecule has 2 aromatic rings. The molecule has 1 aliphatic rings. The van der Waals surface area contributed by atoms with Gasteiger partial charge in [0.1, 0.15) is 0 Å². The molecule has 1 aromatic carbocycles. The zero-order valence-electron chi connectivity index (χ0n) is 7.17. The fourth-order valence-corrected chi connectivity index (χ4v) is 1.77. The molecule has 0 unspecified atom stereocenters. The van der Waals surface area contributed by atoms with Crippen LogP contribution in [-0.2, 0) is 0 Å². The summed E-state index contributed by atoms with van der Waals surface area (Å²) < 4.78 is 0. The van der Waals surface area contributed by atoms with Crippen LogP contribution < -0.4 is 5.32 Å². The van der Waals surface area contributed by atoms with E-state index in [-0.39, 0.29) is 0 Å². The van der Waals surface area contributed by atoms with E-state index in [0.29, 0.717) is 0 Å². The van der Waals surface area contributed by atoms with Crippen molar-refractivity contribution in [2.75, 3.05) is 11.9 Å². The molecule has 1 aromatic heterocycles. The monoisotopic (exact) mass is 170 g/mol. The molecule has 0 aliphatic carbocycles. The third kappa shape index (κ3) is 0.952. The summed E-state index contributed by atoms with van der Waals surface area (Å²) in [6, 6.07) is 4.38. The first-order valence-corrected chi connectivity index (χ1v) is 4.44. The van der Waals surface area contributed by atoms with E-state index in [2.05, 4.69) is 34.6 Å². The molecule has 2 heterocycles. The summed E-state index contributed by atoms with van der Waals surface area (Å²) in [5, 5.41) is 5.88. The number of aromatic amines is 1. The average molecular weight is 170 g/mol. The molecule has 2 nitrogen and oxygen atoms in total. The Balaban J connectivity index is 2.36. The summed E-state index contributed by atoms with van der Waals surface area (Å²) in [5.74, 6) is 0. The number of hydrogen-bond acceptors (Lipinski definition) is 1. The maximum absolute atomic E-state index is 3.34. The maximum Gasteiger partial charge on any atom is 0.0423 e. The number of anilines is 1. The quantitative estimate of drug-likeness (QED) is 0.625. The van der Waals surface area contributed by atoms with Gasteiger partial charge in [0.25, 0.3) is 0 Å². The van der Waals surface area contributed by atoms with E-state index in [1.165, 1.54) is 22.0 Å². The summed E-state index contributed by atoms with van der Waals surface area (Å²) >= 11 is 0. The Kier molecular flexibility index (Phi) is 1.25. The van der Waals surface area contributed by atoms with Gasteiger partial charge in [-0.25, -0.2) is 0 Å². The van der Waals surface area contributed by atoms with Crippen LogP contribution in [-0.4, -0.2) is 11.5 Å². The van der Waals surface area contributed by atoms with Crippen LogP contribution in [0.5, 0.6) is 0 Å². The SMILES string of the molecule is C1=Cc2cc3c[nH]cc3cc2NC1. The largest absolute Gasteiger partial charge is 0.381 e. The molecule has 0 spiro atoms. The van der Waals surface area contributed by atoms with Gasteiger partial charge >= 0.3 is 0 Å². The number of hydrogen-bond donors (Lipinski definition) is 2. The zero-order chi connectivity index (χ0) is 8.67. The lowest BCUT2D eigenvalue weighted by atomic mass is 10.1. The van der Waals surface area contributed by atoms with Crippen molar-refractivity contribution in [2.24, 2.45) is 0 Å². The molecule has 0 atom stereocenters. The normalized spacial score (nSPS) is 14.2. The number of benzene rings is 1. The van der Waals surface area contributed by atoms with Crippen LogP contribution in [0.25, 0.3) is 16.8 Å². The van der Waals surface area contributed by atoms with Gasteiger partial charge in [0, 0.05) is 30.0 Å². The van der Waals surface area contributed by atoms with E-state index in [9.17, 15) is 0 Å². The van der Waals surface area contributed by atoms with Crippen LogP contribution in [0.15, 0.2) is 30.6 Å². The van der Waals surface area contributed by atoms with E-state index >= 15 is 0 Å². The lowest BCUT2D eigenvalue weighted by molar-refractivity contribution is 1.32. The average Bonchev–Trinajstić information content (AvgIpc) is 2.61. The van der Waals surface area contributed by atoms with Crippen LogP contribution in [0.2, 0.25) is 0 Å². The van der Waals surface area contributed by atoms with Crippen LogP contribution in [0.4, 0.5) is 5.69 Å². The minimum atomic E-state index is 0.933. The standard InChI is InChI=1S/C11H10N2/c1-2-8-4-9-6-12-7-10(9)5-11(8)13-3-1/h1-2,4-7,12-13H,3H2. The summed E-state index contributed by atoms with van der Waals surface area (Å²) in [5.41, 5.74) is 2.51. The summed E-state index contributed by atoms with van der Waals surface area (Å²) in [4.78, 5) is 3.11. The van der Waals surface area contributed by atoms with E-state index < -0.39 is 0 Å². The highest BCUT2D eigenvalue weighted by atomic mass is 14.9. The first-order valence-electron chi connectivity index (χ1n) is 4.44. The van der Waals surface area contributed by atoms with Crippen molar-refractivity contribution in [3.8, 4) is 0 Å². The molecule has 0 amide bonds. The summed E-state index contributed by atoms with van der Waals surface area (Å²) in [6.45, 7) is 0.933. The summed E-state index contributed by atoms with van der Waals surface area (Å²) in [7, 11) is 0. The Morgan fingerprint density at radius 2 is 1.92 bits per heavy atom. The molecule has 1 aliphatic heterocycles. The third-order valence-electron chi connectivity index (χ3n) is 2.44. The van der Waals surface area contributed by atoms with Gasteiger partial charge in [0.05, 0.1) is 0 Å². The predicted molar refractivity (Wildman–Crippen MR) is 55.8 cm³/mol. The number of nitrogens with one attached hydrogen (secondary N) is 2. The number of H-pyrrole nitrogens is 1. The minimum absolute atomic E-state index is 0.933. The molecule has 0 saturated carbocycles. The van der Waals surface area contributed by atoms with Crippen LogP contribution in [0.3, 0.4) is 0 Å². The first kappa shape index (κ1) is 6.78. The second kappa shape index (κ2) is 2.39. The lowest BCUT2D eigenvalue weighted by Crippen LogP contribution is -2.03. The smallest absolute Gasteiger partial charge is 0.0423 e. The second-order valence-electron chi connectivity index (χ2n) is 3.31. The molecule has 13 heavy (non-hydrogen) atoms. The zero-order valence-corrected chi connectivity index (χ0v) is 7.17. The van der Waals surface area contributed by atoms with Crippen molar-refractivity contribution in [3.63, 3.8) is 0 Å². The van der Waals surface area contributed by atoms with E-state index in [4.69, 9.17) is 0 Å². The van der Waals surface area contributed by atoms with Crippen LogP contribution in [0.1, 0.15) is 5.56 Å². The molecule has 64 valence electrons. The highest BCUT2D eigenvalue weighted by Gasteiger charge is 2.04. The molecular formula is C11H10N2. The van der Waals surface area contributed by atoms with Crippen molar-refractivity contribution in [2.45, 2.75) is 0 Å². The fraction of sp³-hybridized carbons (Fsp3) is 0.0909. The number of fused-ring (bicyclic) bond motifs is 2. The van der Waals surface area contributed by atoms with Gasteiger partial charge in [-0.15, -0.1) is 0 Å². The number of aromatic nitrogens is 1. The van der Waals surface area contributed by atoms with Gasteiger partial charge in [-0.2, -0.15) is 0 Å². The molecule has 0 fully saturated rings. The van der Waals surface area contributed by atoms with Crippen molar-refractivity contribution in [1.82, 2.24) is 4.98 Å². The van der Waals surface area contributed by atoms with E-state index in [1.54, 1.807) is 0 Å². The Morgan fingerprint density at radius 1 is 1.08 bits per heavy atom. The van der Waals surface area contributed by atoms with Gasteiger partial charge in [-0.1, -0.05) is 12.2 Å². The third-order valence-corrected chi connectivity index (χ3v) is 2.44. The minimum Gasteiger partial charge on any atom is -0.381 e. The Labute approximate surface area is 76.3 Å². The fourth-order valence-electron chi connectivity index (χ4n) is 1.77. The molecule has 2 N–H and O–H groups in total. The molecular weight excluding hydrogens is 160 g/mol.